The third-order valence-corrected chi connectivity index (χ3v) is 17.3. The van der Waals surface area contributed by atoms with Gasteiger partial charge in [-0.2, -0.15) is 0 Å². The zero-order valence-corrected chi connectivity index (χ0v) is 33.6. The fourth-order valence-corrected chi connectivity index (χ4v) is 15.2. The summed E-state index contributed by atoms with van der Waals surface area (Å²) in [4.78, 5) is 0. The Bertz CT molecular complexity index is 3480. The molecule has 12 aromatic rings. The SMILES string of the molecule is Cc1cccc2c1c1ccccc1n2[Si](c1ccccc1)(c1ccccc1)c1cccc(-n2c3ccccc3c3cc(-n4c5ccccc5c5ccccc54)ccc32)c1. The first-order chi connectivity index (χ1) is 29.2. The average molecular weight is 770 g/mol. The Morgan fingerprint density at radius 3 is 1.36 bits per heavy atom. The van der Waals surface area contributed by atoms with Crippen LogP contribution in [0.3, 0.4) is 0 Å². The smallest absolute Gasteiger partial charge is 0.257 e. The lowest BCUT2D eigenvalue weighted by Crippen LogP contribution is -2.72. The molecule has 9 aromatic carbocycles. The molecule has 0 unspecified atom stereocenters. The highest BCUT2D eigenvalue weighted by atomic mass is 28.3. The molecule has 0 radical (unpaired) electrons. The van der Waals surface area contributed by atoms with Crippen LogP contribution >= 0.6 is 0 Å². The lowest BCUT2D eigenvalue weighted by molar-refractivity contribution is 1.17. The van der Waals surface area contributed by atoms with Gasteiger partial charge >= 0.3 is 0 Å². The molecule has 0 atom stereocenters. The second kappa shape index (κ2) is 13.1. The highest BCUT2D eigenvalue weighted by Gasteiger charge is 2.44. The normalized spacial score (nSPS) is 12.2. The number of hydrogen-bond acceptors (Lipinski definition) is 0. The van der Waals surface area contributed by atoms with Crippen LogP contribution in [0.25, 0.3) is 76.8 Å². The molecular weight excluding hydrogens is 731 g/mol. The van der Waals surface area contributed by atoms with E-state index >= 15 is 0 Å². The number of aryl methyl sites for hydroxylation is 1. The molecule has 0 fully saturated rings. The lowest BCUT2D eigenvalue weighted by Gasteiger charge is -2.36. The van der Waals surface area contributed by atoms with Gasteiger partial charge in [0.05, 0.1) is 22.1 Å². The molecule has 0 amide bonds. The predicted molar refractivity (Wildman–Crippen MR) is 252 cm³/mol. The largest absolute Gasteiger partial charge is 0.355 e. The number of benzene rings is 9. The zero-order chi connectivity index (χ0) is 39.1. The van der Waals surface area contributed by atoms with Crippen LogP contribution in [0.1, 0.15) is 5.56 Å². The van der Waals surface area contributed by atoms with E-state index in [1.165, 1.54) is 86.5 Å². The minimum Gasteiger partial charge on any atom is -0.355 e. The first kappa shape index (κ1) is 33.7. The van der Waals surface area contributed by atoms with Crippen LogP contribution in [-0.4, -0.2) is 21.6 Å². The van der Waals surface area contributed by atoms with E-state index in [1.54, 1.807) is 0 Å². The Labute approximate surface area is 343 Å². The van der Waals surface area contributed by atoms with Gasteiger partial charge in [0.2, 0.25) is 0 Å². The van der Waals surface area contributed by atoms with Gasteiger partial charge in [-0.15, -0.1) is 0 Å². The molecule has 3 nitrogen and oxygen atoms in total. The summed E-state index contributed by atoms with van der Waals surface area (Å²) in [5.74, 6) is 0. The minimum absolute atomic E-state index is 1.15. The fraction of sp³-hybridized carbons (Fsp3) is 0.0182. The first-order valence-electron chi connectivity index (χ1n) is 20.4. The Morgan fingerprint density at radius 2 is 0.746 bits per heavy atom. The summed E-state index contributed by atoms with van der Waals surface area (Å²) < 4.78 is 7.65. The van der Waals surface area contributed by atoms with Crippen molar-refractivity contribution in [3.63, 3.8) is 0 Å². The van der Waals surface area contributed by atoms with E-state index in [0.29, 0.717) is 0 Å². The summed E-state index contributed by atoms with van der Waals surface area (Å²) in [5.41, 5.74) is 10.9. The molecule has 12 rings (SSSR count). The van der Waals surface area contributed by atoms with Crippen LogP contribution in [0.2, 0.25) is 0 Å². The number of fused-ring (bicyclic) bond motifs is 9. The van der Waals surface area contributed by atoms with Crippen molar-refractivity contribution in [2.75, 3.05) is 0 Å². The quantitative estimate of drug-likeness (QED) is 0.118. The van der Waals surface area contributed by atoms with Gasteiger partial charge in [0.1, 0.15) is 0 Å². The van der Waals surface area contributed by atoms with Crippen LogP contribution in [-0.2, 0) is 0 Å². The van der Waals surface area contributed by atoms with Crippen molar-refractivity contribution in [1.82, 2.24) is 13.4 Å². The summed E-state index contributed by atoms with van der Waals surface area (Å²) in [5, 5.41) is 11.6. The van der Waals surface area contributed by atoms with E-state index in [-0.39, 0.29) is 0 Å². The average Bonchev–Trinajstić information content (AvgIpc) is 3.94. The second-order valence-electron chi connectivity index (χ2n) is 15.7. The van der Waals surface area contributed by atoms with Crippen LogP contribution in [0.4, 0.5) is 0 Å². The molecular formula is C55H39N3Si. The van der Waals surface area contributed by atoms with Crippen molar-refractivity contribution in [2.24, 2.45) is 0 Å². The standard InChI is InChI=1S/C55H39N3Si/c1-38-18-16-33-54-55(38)47-28-11-15-32-53(47)58(54)59(41-20-4-2-5-21-41,42-22-6-3-7-23-42)43-24-17-19-39(36-43)56-51-31-14-10-27-46(51)48-37-40(34-35-52(48)56)57-49-29-12-8-25-44(49)45-26-9-13-30-50(45)57/h2-37H,1H3. The molecule has 4 heteroatoms. The summed E-state index contributed by atoms with van der Waals surface area (Å²) in [6.45, 7) is 2.25. The summed E-state index contributed by atoms with van der Waals surface area (Å²) >= 11 is 0. The molecule has 0 saturated carbocycles. The van der Waals surface area contributed by atoms with Crippen molar-refractivity contribution in [1.29, 1.82) is 0 Å². The monoisotopic (exact) mass is 769 g/mol. The Hall–Kier alpha value is -7.40. The number of rotatable bonds is 6. The Balaban J connectivity index is 1.16. The Morgan fingerprint density at radius 1 is 0.305 bits per heavy atom. The van der Waals surface area contributed by atoms with Crippen molar-refractivity contribution in [3.05, 3.63) is 224 Å². The van der Waals surface area contributed by atoms with E-state index < -0.39 is 8.24 Å². The summed E-state index contributed by atoms with van der Waals surface area (Å²) in [6.07, 6.45) is 0. The summed E-state index contributed by atoms with van der Waals surface area (Å²) in [7, 11) is -3.08. The molecule has 3 heterocycles. The first-order valence-corrected chi connectivity index (χ1v) is 22.4. The highest BCUT2D eigenvalue weighted by Crippen LogP contribution is 2.38. The van der Waals surface area contributed by atoms with Crippen LogP contribution in [0.5, 0.6) is 0 Å². The van der Waals surface area contributed by atoms with Gasteiger partial charge < -0.3 is 13.4 Å². The van der Waals surface area contributed by atoms with E-state index in [2.05, 4.69) is 239 Å². The van der Waals surface area contributed by atoms with Gasteiger partial charge in [0.25, 0.3) is 8.24 Å². The lowest BCUT2D eigenvalue weighted by atomic mass is 10.1. The third-order valence-electron chi connectivity index (χ3n) is 12.6. The molecule has 59 heavy (non-hydrogen) atoms. The van der Waals surface area contributed by atoms with Crippen molar-refractivity contribution in [2.45, 2.75) is 6.92 Å². The fourth-order valence-electron chi connectivity index (χ4n) is 10.3. The van der Waals surface area contributed by atoms with Crippen LogP contribution < -0.4 is 15.6 Å². The van der Waals surface area contributed by atoms with Gasteiger partial charge in [-0.1, -0.05) is 158 Å². The number of nitrogens with zero attached hydrogens (tertiary/aromatic N) is 3. The maximum Gasteiger partial charge on any atom is 0.257 e. The zero-order valence-electron chi connectivity index (χ0n) is 32.6. The van der Waals surface area contributed by atoms with Crippen molar-refractivity contribution < 1.29 is 0 Å². The maximum atomic E-state index is 2.75. The minimum atomic E-state index is -3.08. The summed E-state index contributed by atoms with van der Waals surface area (Å²) in [6, 6.07) is 81.3. The number of para-hydroxylation sites is 4. The van der Waals surface area contributed by atoms with Gasteiger partial charge in [-0.25, -0.2) is 0 Å². The van der Waals surface area contributed by atoms with Crippen molar-refractivity contribution in [3.8, 4) is 11.4 Å². The molecule has 0 spiro atoms. The molecule has 0 aliphatic rings. The van der Waals surface area contributed by atoms with Gasteiger partial charge in [-0.05, 0) is 88.7 Å². The van der Waals surface area contributed by atoms with E-state index in [9.17, 15) is 0 Å². The number of hydrogen-bond donors (Lipinski definition) is 0. The second-order valence-corrected chi connectivity index (χ2v) is 19.3. The molecule has 0 aliphatic heterocycles. The van der Waals surface area contributed by atoms with Crippen LogP contribution in [0, 0.1) is 6.92 Å². The van der Waals surface area contributed by atoms with E-state index in [4.69, 9.17) is 0 Å². The molecule has 0 bridgehead atoms. The highest BCUT2D eigenvalue weighted by molar-refractivity contribution is 7.11. The maximum absolute atomic E-state index is 3.08. The van der Waals surface area contributed by atoms with E-state index in [1.807, 2.05) is 0 Å². The molecule has 3 aromatic heterocycles. The van der Waals surface area contributed by atoms with E-state index in [0.717, 1.165) is 11.4 Å². The predicted octanol–water partition coefficient (Wildman–Crippen LogP) is 11.8. The van der Waals surface area contributed by atoms with Crippen molar-refractivity contribution >= 4 is 89.2 Å². The van der Waals surface area contributed by atoms with Gasteiger partial charge in [0.15, 0.2) is 0 Å². The van der Waals surface area contributed by atoms with Crippen LogP contribution in [0.15, 0.2) is 218 Å². The third kappa shape index (κ3) is 4.81. The van der Waals surface area contributed by atoms with Gasteiger partial charge in [-0.3, -0.25) is 0 Å². The molecule has 278 valence electrons. The number of aromatic nitrogens is 3. The molecule has 0 aliphatic carbocycles. The molecule has 0 N–H and O–H groups in total. The molecule has 0 saturated heterocycles. The van der Waals surface area contributed by atoms with Gasteiger partial charge in [0, 0.05) is 54.7 Å². The topological polar surface area (TPSA) is 14.8 Å². The Kier molecular flexibility index (Phi) is 7.47.